The highest BCUT2D eigenvalue weighted by atomic mass is 16.3. The molecule has 0 saturated heterocycles. The third kappa shape index (κ3) is 4.32. The van der Waals surface area contributed by atoms with Crippen molar-refractivity contribution < 1.29 is 5.11 Å². The summed E-state index contributed by atoms with van der Waals surface area (Å²) in [5, 5.41) is 8.94. The lowest BCUT2D eigenvalue weighted by Crippen LogP contribution is -2.25. The zero-order valence-corrected chi connectivity index (χ0v) is 9.48. The maximum absolute atomic E-state index is 8.94. The molecule has 0 aliphatic carbocycles. The highest BCUT2D eigenvalue weighted by molar-refractivity contribution is 5.39. The van der Waals surface area contributed by atoms with Crippen molar-refractivity contribution in [1.82, 2.24) is 4.90 Å². The fourth-order valence-corrected chi connectivity index (χ4v) is 1.59. The van der Waals surface area contributed by atoms with Crippen LogP contribution in [0.2, 0.25) is 0 Å². The molecular weight excluding hydrogens is 188 g/mol. The van der Waals surface area contributed by atoms with Crippen molar-refractivity contribution in [3.8, 4) is 0 Å². The fourth-order valence-electron chi connectivity index (χ4n) is 1.59. The van der Waals surface area contributed by atoms with Gasteiger partial charge in [0.05, 0.1) is 0 Å². The summed E-state index contributed by atoms with van der Waals surface area (Å²) in [6, 6.07) is 7.90. The van der Waals surface area contributed by atoms with Gasteiger partial charge in [-0.2, -0.15) is 0 Å². The van der Waals surface area contributed by atoms with Crippen LogP contribution >= 0.6 is 0 Å². The van der Waals surface area contributed by atoms with Crippen LogP contribution in [-0.4, -0.2) is 30.2 Å². The Hall–Kier alpha value is -1.06. The van der Waals surface area contributed by atoms with E-state index in [4.69, 9.17) is 10.8 Å². The number of benzene rings is 1. The Morgan fingerprint density at radius 2 is 1.93 bits per heavy atom. The number of hydrogen-bond donors (Lipinski definition) is 2. The molecule has 15 heavy (non-hydrogen) atoms. The van der Waals surface area contributed by atoms with Crippen LogP contribution in [0, 0.1) is 5.92 Å². The highest BCUT2D eigenvalue weighted by Gasteiger charge is 2.05. The average molecular weight is 208 g/mol. The normalized spacial score (nSPS) is 13.1. The molecule has 0 spiro atoms. The van der Waals surface area contributed by atoms with Gasteiger partial charge < -0.3 is 15.7 Å². The van der Waals surface area contributed by atoms with Gasteiger partial charge in [-0.05, 0) is 30.7 Å². The number of nitrogens with two attached hydrogens (primary N) is 1. The molecule has 0 aliphatic heterocycles. The summed E-state index contributed by atoms with van der Waals surface area (Å²) in [5.41, 5.74) is 7.66. The Labute approximate surface area is 91.5 Å². The third-order valence-corrected chi connectivity index (χ3v) is 2.37. The van der Waals surface area contributed by atoms with E-state index in [2.05, 4.69) is 11.9 Å². The molecule has 0 aromatic heterocycles. The highest BCUT2D eigenvalue weighted by Crippen LogP contribution is 2.08. The number of aliphatic hydroxyl groups is 1. The molecule has 1 aromatic rings. The van der Waals surface area contributed by atoms with Crippen LogP contribution in [0.15, 0.2) is 24.3 Å². The minimum atomic E-state index is 0.242. The second-order valence-corrected chi connectivity index (χ2v) is 4.23. The summed E-state index contributed by atoms with van der Waals surface area (Å²) in [6.45, 7) is 4.08. The fraction of sp³-hybridized carbons (Fsp3) is 0.500. The molecule has 0 aliphatic rings. The monoisotopic (exact) mass is 208 g/mol. The minimum absolute atomic E-state index is 0.242. The van der Waals surface area contributed by atoms with E-state index in [1.54, 1.807) is 0 Å². The number of nitrogen functional groups attached to an aromatic ring is 1. The summed E-state index contributed by atoms with van der Waals surface area (Å²) in [7, 11) is 2.06. The maximum Gasteiger partial charge on any atom is 0.0468 e. The van der Waals surface area contributed by atoms with Crippen LogP contribution in [0.5, 0.6) is 0 Å². The number of hydrogen-bond acceptors (Lipinski definition) is 3. The van der Waals surface area contributed by atoms with E-state index in [0.29, 0.717) is 5.92 Å². The van der Waals surface area contributed by atoms with Crippen LogP contribution in [0.4, 0.5) is 5.69 Å². The van der Waals surface area contributed by atoms with Gasteiger partial charge in [0.25, 0.3) is 0 Å². The summed E-state index contributed by atoms with van der Waals surface area (Å²) >= 11 is 0. The van der Waals surface area contributed by atoms with Crippen LogP contribution in [0.3, 0.4) is 0 Å². The topological polar surface area (TPSA) is 49.5 Å². The lowest BCUT2D eigenvalue weighted by Gasteiger charge is -2.20. The molecule has 3 nitrogen and oxygen atoms in total. The maximum atomic E-state index is 8.94. The number of aliphatic hydroxyl groups excluding tert-OH is 1. The molecular formula is C12H20N2O. The van der Waals surface area contributed by atoms with E-state index < -0.39 is 0 Å². The predicted molar refractivity (Wildman–Crippen MR) is 63.4 cm³/mol. The molecule has 84 valence electrons. The van der Waals surface area contributed by atoms with Crippen molar-refractivity contribution in [3.05, 3.63) is 29.8 Å². The van der Waals surface area contributed by atoms with Gasteiger partial charge in [-0.25, -0.2) is 0 Å². The summed E-state index contributed by atoms with van der Waals surface area (Å²) < 4.78 is 0. The molecule has 1 atom stereocenters. The van der Waals surface area contributed by atoms with E-state index >= 15 is 0 Å². The lowest BCUT2D eigenvalue weighted by atomic mass is 10.1. The summed E-state index contributed by atoms with van der Waals surface area (Å²) in [6.07, 6.45) is 0. The zero-order chi connectivity index (χ0) is 11.3. The second kappa shape index (κ2) is 5.73. The molecule has 1 rings (SSSR count). The quantitative estimate of drug-likeness (QED) is 0.718. The predicted octanol–water partition coefficient (Wildman–Crippen LogP) is 1.33. The molecule has 1 aromatic carbocycles. The minimum Gasteiger partial charge on any atom is -0.399 e. The summed E-state index contributed by atoms with van der Waals surface area (Å²) in [4.78, 5) is 2.20. The Morgan fingerprint density at radius 3 is 2.47 bits per heavy atom. The first-order valence-corrected chi connectivity index (χ1v) is 5.25. The van der Waals surface area contributed by atoms with Gasteiger partial charge in [0.2, 0.25) is 0 Å². The molecule has 0 saturated carbocycles. The SMILES string of the molecule is CC(CO)CN(C)Cc1ccc(N)cc1. The molecule has 0 radical (unpaired) electrons. The van der Waals surface area contributed by atoms with Gasteiger partial charge >= 0.3 is 0 Å². The number of nitrogens with zero attached hydrogens (tertiary/aromatic N) is 1. The van der Waals surface area contributed by atoms with E-state index in [9.17, 15) is 0 Å². The van der Waals surface area contributed by atoms with Crippen LogP contribution in [0.1, 0.15) is 12.5 Å². The van der Waals surface area contributed by atoms with Gasteiger partial charge in [-0.15, -0.1) is 0 Å². The first-order valence-electron chi connectivity index (χ1n) is 5.25. The second-order valence-electron chi connectivity index (χ2n) is 4.23. The van der Waals surface area contributed by atoms with Crippen molar-refractivity contribution in [2.45, 2.75) is 13.5 Å². The zero-order valence-electron chi connectivity index (χ0n) is 9.48. The average Bonchev–Trinajstić information content (AvgIpc) is 2.21. The molecule has 0 amide bonds. The molecule has 3 heteroatoms. The standard InChI is InChI=1S/C12H20N2O/c1-10(9-15)7-14(2)8-11-3-5-12(13)6-4-11/h3-6,10,15H,7-9,13H2,1-2H3. The van der Waals surface area contributed by atoms with Crippen LogP contribution < -0.4 is 5.73 Å². The van der Waals surface area contributed by atoms with Crippen molar-refractivity contribution >= 4 is 5.69 Å². The van der Waals surface area contributed by atoms with Crippen molar-refractivity contribution in [3.63, 3.8) is 0 Å². The first-order chi connectivity index (χ1) is 7.11. The van der Waals surface area contributed by atoms with E-state index in [1.165, 1.54) is 5.56 Å². The van der Waals surface area contributed by atoms with Crippen molar-refractivity contribution in [1.29, 1.82) is 0 Å². The Morgan fingerprint density at radius 1 is 1.33 bits per heavy atom. The largest absolute Gasteiger partial charge is 0.399 e. The van der Waals surface area contributed by atoms with Crippen LogP contribution in [0.25, 0.3) is 0 Å². The molecule has 0 fully saturated rings. The van der Waals surface area contributed by atoms with E-state index in [1.807, 2.05) is 31.2 Å². The van der Waals surface area contributed by atoms with Crippen molar-refractivity contribution in [2.24, 2.45) is 5.92 Å². The Kier molecular flexibility index (Phi) is 4.59. The summed E-state index contributed by atoms with van der Waals surface area (Å²) in [5.74, 6) is 0.323. The smallest absolute Gasteiger partial charge is 0.0468 e. The van der Waals surface area contributed by atoms with Crippen LogP contribution in [-0.2, 0) is 6.54 Å². The Bertz CT molecular complexity index is 284. The third-order valence-electron chi connectivity index (χ3n) is 2.37. The molecule has 3 N–H and O–H groups in total. The van der Waals surface area contributed by atoms with E-state index in [-0.39, 0.29) is 6.61 Å². The molecule has 0 bridgehead atoms. The van der Waals surface area contributed by atoms with Crippen molar-refractivity contribution in [2.75, 3.05) is 25.9 Å². The molecule has 0 heterocycles. The van der Waals surface area contributed by atoms with Gasteiger partial charge in [0.15, 0.2) is 0 Å². The molecule has 1 unspecified atom stereocenters. The Balaban J connectivity index is 2.44. The number of anilines is 1. The number of rotatable bonds is 5. The van der Waals surface area contributed by atoms with Gasteiger partial charge in [-0.1, -0.05) is 19.1 Å². The lowest BCUT2D eigenvalue weighted by molar-refractivity contribution is 0.188. The van der Waals surface area contributed by atoms with Gasteiger partial charge in [0, 0.05) is 25.4 Å². The van der Waals surface area contributed by atoms with Gasteiger partial charge in [-0.3, -0.25) is 0 Å². The first kappa shape index (κ1) is 12.0. The van der Waals surface area contributed by atoms with E-state index in [0.717, 1.165) is 18.8 Å². The van der Waals surface area contributed by atoms with Gasteiger partial charge in [0.1, 0.15) is 0 Å².